The Hall–Kier alpha value is -0.230. The van der Waals surface area contributed by atoms with Crippen LogP contribution in [0.15, 0.2) is 16.7 Å². The number of aromatic nitrogens is 3. The van der Waals surface area contributed by atoms with Crippen LogP contribution in [-0.2, 0) is 14.0 Å². The van der Waals surface area contributed by atoms with Crippen LogP contribution < -0.4 is 0 Å². The molecular formula is C14H11Cl6N3O. The molecule has 2 rings (SSSR count). The smallest absolute Gasteiger partial charge is 0.250 e. The predicted molar refractivity (Wildman–Crippen MR) is 99.9 cm³/mol. The summed E-state index contributed by atoms with van der Waals surface area (Å²) in [6.45, 7) is 2.08. The van der Waals surface area contributed by atoms with Gasteiger partial charge in [0.25, 0.3) is 0 Å². The summed E-state index contributed by atoms with van der Waals surface area (Å²) in [5.74, 6) is 0.572. The first-order valence-electron chi connectivity index (χ1n) is 6.76. The fourth-order valence-electron chi connectivity index (χ4n) is 1.84. The van der Waals surface area contributed by atoms with Gasteiger partial charge in [0, 0.05) is 0 Å². The number of halogens is 6. The fourth-order valence-corrected chi connectivity index (χ4v) is 2.35. The maximum Gasteiger partial charge on any atom is 0.250 e. The van der Waals surface area contributed by atoms with Crippen LogP contribution in [-0.4, -0.2) is 15.0 Å². The van der Waals surface area contributed by atoms with Gasteiger partial charge in [0.1, 0.15) is 5.76 Å². The molecular weight excluding hydrogens is 439 g/mol. The molecule has 0 unspecified atom stereocenters. The van der Waals surface area contributed by atoms with Gasteiger partial charge in [0.15, 0.2) is 17.5 Å². The van der Waals surface area contributed by atoms with E-state index in [-0.39, 0.29) is 17.5 Å². The van der Waals surface area contributed by atoms with Crippen LogP contribution in [0, 0.1) is 0 Å². The molecule has 2 aromatic rings. The Morgan fingerprint density at radius 1 is 0.958 bits per heavy atom. The molecule has 0 spiro atoms. The maximum atomic E-state index is 5.82. The number of rotatable bonds is 4. The SMILES string of the molecule is CCCc1ccoc1C=Cc1nc(C(Cl)(Cl)Cl)nc(C(Cl)(Cl)Cl)n1. The van der Waals surface area contributed by atoms with E-state index >= 15 is 0 Å². The van der Waals surface area contributed by atoms with Crippen molar-refractivity contribution in [3.8, 4) is 0 Å². The first-order chi connectivity index (χ1) is 11.1. The van der Waals surface area contributed by atoms with Crippen LogP contribution in [0.4, 0.5) is 0 Å². The third kappa shape index (κ3) is 5.38. The second kappa shape index (κ2) is 7.98. The fraction of sp³-hybridized carbons (Fsp3) is 0.357. The number of aryl methyl sites for hydroxylation is 1. The van der Waals surface area contributed by atoms with Gasteiger partial charge in [-0.1, -0.05) is 83.0 Å². The minimum atomic E-state index is -1.88. The Bertz CT molecular complexity index is 701. The van der Waals surface area contributed by atoms with E-state index in [2.05, 4.69) is 21.9 Å². The van der Waals surface area contributed by atoms with Crippen LogP contribution in [0.2, 0.25) is 0 Å². The summed E-state index contributed by atoms with van der Waals surface area (Å²) in [5.41, 5.74) is 1.06. The molecule has 0 saturated heterocycles. The van der Waals surface area contributed by atoms with Crippen molar-refractivity contribution in [2.24, 2.45) is 0 Å². The van der Waals surface area contributed by atoms with Crippen molar-refractivity contribution in [1.29, 1.82) is 0 Å². The van der Waals surface area contributed by atoms with Crippen LogP contribution in [0.25, 0.3) is 12.2 Å². The zero-order valence-corrected chi connectivity index (χ0v) is 16.8. The van der Waals surface area contributed by atoms with Gasteiger partial charge in [0.05, 0.1) is 6.26 Å². The van der Waals surface area contributed by atoms with Crippen molar-refractivity contribution in [2.75, 3.05) is 0 Å². The summed E-state index contributed by atoms with van der Waals surface area (Å²) < 4.78 is 1.66. The second-order valence-electron chi connectivity index (χ2n) is 4.73. The molecule has 0 aliphatic rings. The summed E-state index contributed by atoms with van der Waals surface area (Å²) in [7, 11) is 0. The lowest BCUT2D eigenvalue weighted by atomic mass is 10.1. The summed E-state index contributed by atoms with van der Waals surface area (Å²) in [4.78, 5) is 12.0. The van der Waals surface area contributed by atoms with E-state index in [9.17, 15) is 0 Å². The van der Waals surface area contributed by atoms with Crippen molar-refractivity contribution >= 4 is 81.8 Å². The highest BCUT2D eigenvalue weighted by Gasteiger charge is 2.33. The van der Waals surface area contributed by atoms with Crippen molar-refractivity contribution in [2.45, 2.75) is 27.4 Å². The topological polar surface area (TPSA) is 51.8 Å². The summed E-state index contributed by atoms with van der Waals surface area (Å²) >= 11 is 34.9. The van der Waals surface area contributed by atoms with Crippen molar-refractivity contribution in [3.05, 3.63) is 41.1 Å². The molecule has 10 heteroatoms. The number of hydrogen-bond donors (Lipinski definition) is 0. The van der Waals surface area contributed by atoms with E-state index in [1.165, 1.54) is 0 Å². The Kier molecular flexibility index (Phi) is 6.68. The van der Waals surface area contributed by atoms with Crippen LogP contribution >= 0.6 is 69.6 Å². The Balaban J connectivity index is 2.42. The monoisotopic (exact) mass is 447 g/mol. The van der Waals surface area contributed by atoms with Gasteiger partial charge in [-0.3, -0.25) is 0 Å². The van der Waals surface area contributed by atoms with E-state index in [1.54, 1.807) is 18.4 Å². The van der Waals surface area contributed by atoms with Gasteiger partial charge < -0.3 is 4.42 Å². The van der Waals surface area contributed by atoms with E-state index in [0.717, 1.165) is 18.4 Å². The Morgan fingerprint density at radius 2 is 1.54 bits per heavy atom. The number of hydrogen-bond acceptors (Lipinski definition) is 4. The highest BCUT2D eigenvalue weighted by molar-refractivity contribution is 6.67. The average molecular weight is 450 g/mol. The third-order valence-electron chi connectivity index (χ3n) is 2.84. The molecule has 0 N–H and O–H groups in total. The van der Waals surface area contributed by atoms with Crippen LogP contribution in [0.3, 0.4) is 0 Å². The summed E-state index contributed by atoms with van der Waals surface area (Å²) in [6, 6.07) is 1.90. The standard InChI is InChI=1S/C14H11Cl6N3O/c1-2-3-8-6-7-24-9(8)4-5-10-21-11(13(15,16)17)23-12(22-10)14(18,19)20/h4-7H,2-3H2,1H3. The van der Waals surface area contributed by atoms with E-state index in [4.69, 9.17) is 74.0 Å². The van der Waals surface area contributed by atoms with Gasteiger partial charge in [-0.05, 0) is 30.2 Å². The van der Waals surface area contributed by atoms with E-state index < -0.39 is 7.59 Å². The van der Waals surface area contributed by atoms with E-state index in [0.29, 0.717) is 5.76 Å². The van der Waals surface area contributed by atoms with Gasteiger partial charge in [-0.2, -0.15) is 0 Å². The zero-order chi connectivity index (χ0) is 18.0. The van der Waals surface area contributed by atoms with E-state index in [1.807, 2.05) is 6.07 Å². The third-order valence-corrected chi connectivity index (χ3v) is 3.86. The molecule has 0 bridgehead atoms. The molecule has 0 amide bonds. The highest BCUT2D eigenvalue weighted by Crippen LogP contribution is 2.40. The molecule has 4 nitrogen and oxygen atoms in total. The first-order valence-corrected chi connectivity index (χ1v) is 9.03. The lowest BCUT2D eigenvalue weighted by molar-refractivity contribution is 0.553. The quantitative estimate of drug-likeness (QED) is 0.518. The number of furan rings is 1. The molecule has 0 aliphatic heterocycles. The molecule has 24 heavy (non-hydrogen) atoms. The molecule has 0 atom stereocenters. The molecule has 0 aliphatic carbocycles. The summed E-state index contributed by atoms with van der Waals surface area (Å²) in [5, 5.41) is 0. The molecule has 130 valence electrons. The van der Waals surface area contributed by atoms with Gasteiger partial charge in [0.2, 0.25) is 7.59 Å². The molecule has 0 saturated carbocycles. The second-order valence-corrected chi connectivity index (χ2v) is 9.29. The lowest BCUT2D eigenvalue weighted by Gasteiger charge is -2.14. The molecule has 0 radical (unpaired) electrons. The zero-order valence-electron chi connectivity index (χ0n) is 12.2. The predicted octanol–water partition coefficient (Wildman–Crippen LogP) is 6.24. The highest BCUT2D eigenvalue weighted by atomic mass is 35.6. The average Bonchev–Trinajstić information content (AvgIpc) is 2.91. The summed E-state index contributed by atoms with van der Waals surface area (Å²) in [6.07, 6.45) is 6.74. The maximum absolute atomic E-state index is 5.82. The van der Waals surface area contributed by atoms with Crippen molar-refractivity contribution in [1.82, 2.24) is 15.0 Å². The number of nitrogens with zero attached hydrogens (tertiary/aromatic N) is 3. The largest absolute Gasteiger partial charge is 0.465 e. The Morgan fingerprint density at radius 3 is 2.04 bits per heavy atom. The molecule has 2 aromatic heterocycles. The molecule has 0 aromatic carbocycles. The van der Waals surface area contributed by atoms with Crippen LogP contribution in [0.5, 0.6) is 0 Å². The molecule has 0 fully saturated rings. The minimum absolute atomic E-state index is 0.142. The number of alkyl halides is 6. The van der Waals surface area contributed by atoms with Gasteiger partial charge in [-0.25, -0.2) is 15.0 Å². The van der Waals surface area contributed by atoms with Gasteiger partial charge >= 0.3 is 0 Å². The minimum Gasteiger partial charge on any atom is -0.465 e. The van der Waals surface area contributed by atoms with Crippen molar-refractivity contribution < 1.29 is 4.42 Å². The Labute approximate surface area is 169 Å². The van der Waals surface area contributed by atoms with Crippen molar-refractivity contribution in [3.63, 3.8) is 0 Å². The van der Waals surface area contributed by atoms with Gasteiger partial charge in [-0.15, -0.1) is 0 Å². The van der Waals surface area contributed by atoms with Crippen LogP contribution in [0.1, 0.15) is 42.1 Å². The first kappa shape index (κ1) is 20.1. The normalized spacial score (nSPS) is 13.0. The lowest BCUT2D eigenvalue weighted by Crippen LogP contribution is -2.16. The molecule has 2 heterocycles.